The van der Waals surface area contributed by atoms with Crippen LogP contribution in [0.15, 0.2) is 18.2 Å². The molecule has 0 unspecified atom stereocenters. The average molecular weight is 396 g/mol. The van der Waals surface area contributed by atoms with Crippen molar-refractivity contribution in [2.24, 2.45) is 5.92 Å². The number of hydrogen-bond acceptors (Lipinski definition) is 3. The van der Waals surface area contributed by atoms with Crippen molar-refractivity contribution in [1.82, 2.24) is 14.7 Å². The van der Waals surface area contributed by atoms with E-state index in [4.69, 9.17) is 28.3 Å². The van der Waals surface area contributed by atoms with Crippen molar-refractivity contribution < 1.29 is 14.7 Å². The molecule has 1 saturated heterocycles. The number of carbonyl (C=O) groups is 2. The molecule has 6 nitrogen and oxygen atoms in total. The molecule has 1 aliphatic rings. The predicted octanol–water partition coefficient (Wildman–Crippen LogP) is 3.27. The van der Waals surface area contributed by atoms with Gasteiger partial charge >= 0.3 is 5.97 Å². The molecule has 0 spiro atoms. The molecule has 1 aromatic carbocycles. The number of hydrogen-bond donors (Lipinski definition) is 1. The Labute approximate surface area is 161 Å². The van der Waals surface area contributed by atoms with Gasteiger partial charge in [0.15, 0.2) is 0 Å². The Hall–Kier alpha value is -2.05. The fourth-order valence-electron chi connectivity index (χ4n) is 3.25. The summed E-state index contributed by atoms with van der Waals surface area (Å²) in [6.45, 7) is 4.50. The summed E-state index contributed by atoms with van der Waals surface area (Å²) in [5.74, 6) is -1.39. The predicted molar refractivity (Wildman–Crippen MR) is 99.1 cm³/mol. The van der Waals surface area contributed by atoms with Crippen LogP contribution in [0.2, 0.25) is 10.0 Å². The van der Waals surface area contributed by atoms with Crippen molar-refractivity contribution in [3.8, 4) is 5.69 Å². The number of halogens is 2. The van der Waals surface area contributed by atoms with Gasteiger partial charge in [-0.05, 0) is 38.5 Å². The summed E-state index contributed by atoms with van der Waals surface area (Å²) in [5, 5.41) is 14.5. The lowest BCUT2D eigenvalue weighted by molar-refractivity contribution is -0.141. The van der Waals surface area contributed by atoms with Gasteiger partial charge < -0.3 is 10.0 Å². The molecule has 0 aliphatic carbocycles. The van der Waals surface area contributed by atoms with Crippen LogP contribution in [0.4, 0.5) is 0 Å². The Bertz CT molecular complexity index is 879. The first kappa shape index (κ1) is 18.7. The molecule has 1 amide bonds. The molecule has 0 saturated carbocycles. The molecule has 26 heavy (non-hydrogen) atoms. The smallest absolute Gasteiger partial charge is 0.308 e. The maximum absolute atomic E-state index is 12.6. The van der Waals surface area contributed by atoms with Crippen molar-refractivity contribution in [1.29, 1.82) is 0 Å². The van der Waals surface area contributed by atoms with E-state index in [1.54, 1.807) is 21.7 Å². The summed E-state index contributed by atoms with van der Waals surface area (Å²) in [5.41, 5.74) is 3.23. The zero-order chi connectivity index (χ0) is 19.0. The zero-order valence-electron chi connectivity index (χ0n) is 14.5. The van der Waals surface area contributed by atoms with Gasteiger partial charge in [-0.2, -0.15) is 5.10 Å². The molecule has 3 rings (SSSR count). The van der Waals surface area contributed by atoms with Crippen LogP contribution in [0, 0.1) is 19.8 Å². The Kier molecular flexibility index (Phi) is 5.25. The lowest BCUT2D eigenvalue weighted by Crippen LogP contribution is -2.31. The first-order valence-corrected chi connectivity index (χ1v) is 9.04. The minimum absolute atomic E-state index is 0.0753. The van der Waals surface area contributed by atoms with Crippen LogP contribution in [-0.2, 0) is 16.0 Å². The number of carboxylic acids is 1. The number of carboxylic acid groups (broad SMARTS) is 1. The Balaban J connectivity index is 1.81. The Morgan fingerprint density at radius 2 is 2.00 bits per heavy atom. The quantitative estimate of drug-likeness (QED) is 0.861. The molecule has 1 aliphatic heterocycles. The SMILES string of the molecule is Cc1nn(-c2ccc(Cl)c(Cl)c2)c(C)c1CC(=O)N1CC[C@@H](C(=O)O)C1. The van der Waals surface area contributed by atoms with E-state index < -0.39 is 11.9 Å². The Morgan fingerprint density at radius 1 is 1.27 bits per heavy atom. The molecule has 1 atom stereocenters. The normalized spacial score (nSPS) is 16.9. The number of carbonyl (C=O) groups excluding carboxylic acids is 1. The number of amides is 1. The third-order valence-electron chi connectivity index (χ3n) is 4.81. The highest BCUT2D eigenvalue weighted by atomic mass is 35.5. The lowest BCUT2D eigenvalue weighted by atomic mass is 10.1. The van der Waals surface area contributed by atoms with Gasteiger partial charge in [-0.25, -0.2) is 4.68 Å². The highest BCUT2D eigenvalue weighted by molar-refractivity contribution is 6.42. The van der Waals surface area contributed by atoms with Crippen molar-refractivity contribution >= 4 is 35.1 Å². The summed E-state index contributed by atoms with van der Waals surface area (Å²) in [4.78, 5) is 25.3. The van der Waals surface area contributed by atoms with Crippen LogP contribution >= 0.6 is 23.2 Å². The third-order valence-corrected chi connectivity index (χ3v) is 5.55. The van der Waals surface area contributed by atoms with Gasteiger partial charge in [-0.3, -0.25) is 9.59 Å². The fourth-order valence-corrected chi connectivity index (χ4v) is 3.54. The van der Waals surface area contributed by atoms with E-state index in [1.807, 2.05) is 19.9 Å². The maximum Gasteiger partial charge on any atom is 0.308 e. The van der Waals surface area contributed by atoms with Gasteiger partial charge in [0.1, 0.15) is 0 Å². The fraction of sp³-hybridized carbons (Fsp3) is 0.389. The standard InChI is InChI=1S/C18H19Cl2N3O3/c1-10-14(8-17(24)22-6-5-12(9-22)18(25)26)11(2)23(21-10)13-3-4-15(19)16(20)7-13/h3-4,7,12H,5-6,8-9H2,1-2H3,(H,25,26)/t12-/m1/s1. The summed E-state index contributed by atoms with van der Waals surface area (Å²) in [6.07, 6.45) is 0.701. The number of nitrogens with zero attached hydrogens (tertiary/aromatic N) is 3. The number of likely N-dealkylation sites (tertiary alicyclic amines) is 1. The molecular weight excluding hydrogens is 377 g/mol. The van der Waals surface area contributed by atoms with E-state index in [0.717, 1.165) is 22.6 Å². The second kappa shape index (κ2) is 7.29. The molecular formula is C18H19Cl2N3O3. The molecule has 1 fully saturated rings. The van der Waals surface area contributed by atoms with E-state index in [-0.39, 0.29) is 18.9 Å². The highest BCUT2D eigenvalue weighted by Gasteiger charge is 2.31. The molecule has 8 heteroatoms. The lowest BCUT2D eigenvalue weighted by Gasteiger charge is -2.16. The summed E-state index contributed by atoms with van der Waals surface area (Å²) < 4.78 is 1.74. The third kappa shape index (κ3) is 3.57. The van der Waals surface area contributed by atoms with Crippen LogP contribution in [0.5, 0.6) is 0 Å². The van der Waals surface area contributed by atoms with Crippen LogP contribution < -0.4 is 0 Å². The van der Waals surface area contributed by atoms with Crippen molar-refractivity contribution in [3.63, 3.8) is 0 Å². The number of benzene rings is 1. The topological polar surface area (TPSA) is 75.4 Å². The van der Waals surface area contributed by atoms with Gasteiger partial charge in [-0.1, -0.05) is 23.2 Å². The second-order valence-electron chi connectivity index (χ2n) is 6.50. The first-order chi connectivity index (χ1) is 12.3. The summed E-state index contributed by atoms with van der Waals surface area (Å²) in [6, 6.07) is 5.25. The number of aliphatic carboxylic acids is 1. The van der Waals surface area contributed by atoms with Crippen LogP contribution in [-0.4, -0.2) is 44.8 Å². The monoisotopic (exact) mass is 395 g/mol. The highest BCUT2D eigenvalue weighted by Crippen LogP contribution is 2.27. The number of rotatable bonds is 4. The van der Waals surface area contributed by atoms with Crippen molar-refractivity contribution in [3.05, 3.63) is 45.2 Å². The average Bonchev–Trinajstić information content (AvgIpc) is 3.18. The van der Waals surface area contributed by atoms with Crippen LogP contribution in [0.25, 0.3) is 5.69 Å². The number of aryl methyl sites for hydroxylation is 1. The second-order valence-corrected chi connectivity index (χ2v) is 7.31. The molecule has 2 heterocycles. The van der Waals surface area contributed by atoms with Gasteiger partial charge in [0.25, 0.3) is 0 Å². The largest absolute Gasteiger partial charge is 0.481 e. The molecule has 2 aromatic rings. The molecule has 0 bridgehead atoms. The first-order valence-electron chi connectivity index (χ1n) is 8.29. The van der Waals surface area contributed by atoms with E-state index in [2.05, 4.69) is 5.10 Å². The van der Waals surface area contributed by atoms with E-state index >= 15 is 0 Å². The van der Waals surface area contributed by atoms with E-state index in [0.29, 0.717) is 23.0 Å². The Morgan fingerprint density at radius 3 is 2.62 bits per heavy atom. The molecule has 1 N–H and O–H groups in total. The zero-order valence-corrected chi connectivity index (χ0v) is 16.0. The van der Waals surface area contributed by atoms with E-state index in [9.17, 15) is 9.59 Å². The minimum Gasteiger partial charge on any atom is -0.481 e. The minimum atomic E-state index is -0.847. The van der Waals surface area contributed by atoms with Crippen molar-refractivity contribution in [2.75, 3.05) is 13.1 Å². The van der Waals surface area contributed by atoms with Crippen molar-refractivity contribution in [2.45, 2.75) is 26.7 Å². The van der Waals surface area contributed by atoms with Crippen LogP contribution in [0.3, 0.4) is 0 Å². The van der Waals surface area contributed by atoms with E-state index in [1.165, 1.54) is 0 Å². The number of aromatic nitrogens is 2. The summed E-state index contributed by atoms with van der Waals surface area (Å²) >= 11 is 12.1. The van der Waals surface area contributed by atoms with Crippen LogP contribution in [0.1, 0.15) is 23.4 Å². The van der Waals surface area contributed by atoms with Gasteiger partial charge in [0, 0.05) is 24.3 Å². The maximum atomic E-state index is 12.6. The van der Waals surface area contributed by atoms with Gasteiger partial charge in [0.2, 0.25) is 5.91 Å². The van der Waals surface area contributed by atoms with Gasteiger partial charge in [-0.15, -0.1) is 0 Å². The molecule has 1 aromatic heterocycles. The summed E-state index contributed by atoms with van der Waals surface area (Å²) in [7, 11) is 0. The van der Waals surface area contributed by atoms with Gasteiger partial charge in [0.05, 0.1) is 33.8 Å². The molecule has 138 valence electrons. The molecule has 0 radical (unpaired) electrons.